The molecule has 0 aliphatic heterocycles. The van der Waals surface area contributed by atoms with Gasteiger partial charge >= 0.3 is 0 Å². The van der Waals surface area contributed by atoms with Crippen LogP contribution in [0.2, 0.25) is 0 Å². The van der Waals surface area contributed by atoms with Crippen LogP contribution in [0.3, 0.4) is 0 Å². The van der Waals surface area contributed by atoms with Crippen molar-refractivity contribution in [2.24, 2.45) is 0 Å². The molecule has 0 aliphatic carbocycles. The number of rotatable bonds is 7. The summed E-state index contributed by atoms with van der Waals surface area (Å²) in [4.78, 5) is 24.3. The molecule has 4 rings (SSSR count). The molecule has 8 nitrogen and oxygen atoms in total. The molecule has 0 spiro atoms. The van der Waals surface area contributed by atoms with Gasteiger partial charge < -0.3 is 0 Å². The Kier molecular flexibility index (Phi) is 6.41. The standard InChI is InChI=1S/C24H19N3O5S/c28-24-23(20-7-4-8-21(13-20)27(29)30)22(19-11-9-18(10-12-19)16-33(31)32)14-25-26(24)15-17-5-2-1-3-6-17/h1-14,33H,15-16H2. The van der Waals surface area contributed by atoms with E-state index < -0.39 is 15.6 Å². The van der Waals surface area contributed by atoms with Crippen LogP contribution < -0.4 is 5.56 Å². The zero-order valence-corrected chi connectivity index (χ0v) is 18.2. The highest BCUT2D eigenvalue weighted by atomic mass is 32.2. The second kappa shape index (κ2) is 9.58. The summed E-state index contributed by atoms with van der Waals surface area (Å²) < 4.78 is 23.3. The number of nitro groups is 1. The van der Waals surface area contributed by atoms with Gasteiger partial charge in [0.2, 0.25) is 0 Å². The molecular formula is C24H19N3O5S. The van der Waals surface area contributed by atoms with Crippen molar-refractivity contribution in [2.75, 3.05) is 0 Å². The SMILES string of the molecule is O=c1c(-c2cccc([N+](=O)[O-])c2)c(-c2ccc(C[SH](=O)=O)cc2)cnn1Cc1ccccc1. The van der Waals surface area contributed by atoms with E-state index in [1.54, 1.807) is 36.5 Å². The molecule has 9 heteroatoms. The van der Waals surface area contributed by atoms with Crippen LogP contribution in [-0.2, 0) is 23.0 Å². The maximum absolute atomic E-state index is 13.5. The third-order valence-electron chi connectivity index (χ3n) is 5.14. The van der Waals surface area contributed by atoms with E-state index in [0.29, 0.717) is 22.3 Å². The first-order valence-corrected chi connectivity index (χ1v) is 11.4. The van der Waals surface area contributed by atoms with E-state index in [4.69, 9.17) is 0 Å². The lowest BCUT2D eigenvalue weighted by molar-refractivity contribution is -0.384. The van der Waals surface area contributed by atoms with Crippen LogP contribution in [0.4, 0.5) is 5.69 Å². The molecule has 0 unspecified atom stereocenters. The number of thiol groups is 1. The van der Waals surface area contributed by atoms with Gasteiger partial charge in [0.05, 0.1) is 29.0 Å². The number of hydrogen-bond donors (Lipinski definition) is 1. The molecule has 166 valence electrons. The van der Waals surface area contributed by atoms with E-state index >= 15 is 0 Å². The lowest BCUT2D eigenvalue weighted by atomic mass is 9.96. The van der Waals surface area contributed by atoms with Crippen molar-refractivity contribution in [3.8, 4) is 22.3 Å². The monoisotopic (exact) mass is 461 g/mol. The van der Waals surface area contributed by atoms with Gasteiger partial charge in [-0.3, -0.25) is 14.9 Å². The summed E-state index contributed by atoms with van der Waals surface area (Å²) in [7, 11) is -2.56. The minimum Gasteiger partial charge on any atom is -0.267 e. The Morgan fingerprint density at radius 3 is 2.27 bits per heavy atom. The fraction of sp³-hybridized carbons (Fsp3) is 0.0833. The molecule has 1 heterocycles. The summed E-state index contributed by atoms with van der Waals surface area (Å²) in [5.74, 6) is -0.0791. The van der Waals surface area contributed by atoms with Gasteiger partial charge in [-0.05, 0) is 22.3 Å². The van der Waals surface area contributed by atoms with E-state index in [2.05, 4.69) is 5.10 Å². The van der Waals surface area contributed by atoms with E-state index in [-0.39, 0.29) is 29.1 Å². The van der Waals surface area contributed by atoms with Crippen molar-refractivity contribution in [1.29, 1.82) is 0 Å². The van der Waals surface area contributed by atoms with Crippen LogP contribution >= 0.6 is 0 Å². The fourth-order valence-electron chi connectivity index (χ4n) is 3.57. The Morgan fingerprint density at radius 1 is 0.879 bits per heavy atom. The van der Waals surface area contributed by atoms with Crippen LogP contribution in [0.15, 0.2) is 89.9 Å². The number of hydrogen-bond acceptors (Lipinski definition) is 6. The van der Waals surface area contributed by atoms with E-state index in [0.717, 1.165) is 5.56 Å². The molecule has 0 fully saturated rings. The third-order valence-corrected chi connectivity index (χ3v) is 5.76. The topological polar surface area (TPSA) is 112 Å². The summed E-state index contributed by atoms with van der Waals surface area (Å²) in [6, 6.07) is 22.1. The summed E-state index contributed by atoms with van der Waals surface area (Å²) in [6.07, 6.45) is 1.56. The van der Waals surface area contributed by atoms with Crippen molar-refractivity contribution >= 4 is 16.4 Å². The fourth-order valence-corrected chi connectivity index (χ4v) is 4.08. The number of non-ortho nitro benzene ring substituents is 1. The third kappa shape index (κ3) is 5.04. The van der Waals surface area contributed by atoms with Crippen LogP contribution in [0.25, 0.3) is 22.3 Å². The first-order chi connectivity index (χ1) is 15.9. The number of nitro benzene ring substituents is 1. The Morgan fingerprint density at radius 2 is 1.61 bits per heavy atom. The van der Waals surface area contributed by atoms with Crippen LogP contribution in [-0.4, -0.2) is 23.1 Å². The lowest BCUT2D eigenvalue weighted by Gasteiger charge is -2.13. The van der Waals surface area contributed by atoms with Crippen LogP contribution in [0.5, 0.6) is 0 Å². The zero-order valence-electron chi connectivity index (χ0n) is 17.3. The molecule has 33 heavy (non-hydrogen) atoms. The highest BCUT2D eigenvalue weighted by Gasteiger charge is 2.18. The summed E-state index contributed by atoms with van der Waals surface area (Å²) in [6.45, 7) is 0.247. The van der Waals surface area contributed by atoms with Gasteiger partial charge in [-0.2, -0.15) is 5.10 Å². The summed E-state index contributed by atoms with van der Waals surface area (Å²) in [5.41, 5.74) is 2.84. The van der Waals surface area contributed by atoms with Crippen molar-refractivity contribution in [1.82, 2.24) is 9.78 Å². The maximum atomic E-state index is 13.5. The number of nitrogens with zero attached hydrogens (tertiary/aromatic N) is 3. The Labute approximate surface area is 190 Å². The molecule has 0 aliphatic rings. The molecule has 0 radical (unpaired) electrons. The molecule has 0 bridgehead atoms. The molecule has 0 amide bonds. The average Bonchev–Trinajstić information content (AvgIpc) is 2.81. The van der Waals surface area contributed by atoms with Gasteiger partial charge in [0.25, 0.3) is 11.2 Å². The molecule has 0 saturated heterocycles. The van der Waals surface area contributed by atoms with Crippen LogP contribution in [0, 0.1) is 10.1 Å². The van der Waals surface area contributed by atoms with Crippen molar-refractivity contribution in [2.45, 2.75) is 12.3 Å². The maximum Gasteiger partial charge on any atom is 0.275 e. The quantitative estimate of drug-likeness (QED) is 0.255. The number of benzene rings is 3. The Bertz CT molecular complexity index is 1440. The minimum atomic E-state index is -2.56. The predicted molar refractivity (Wildman–Crippen MR) is 126 cm³/mol. The molecule has 0 atom stereocenters. The van der Waals surface area contributed by atoms with Gasteiger partial charge in [0.15, 0.2) is 0 Å². The average molecular weight is 461 g/mol. The Balaban J connectivity index is 1.87. The highest BCUT2D eigenvalue weighted by molar-refractivity contribution is 7.71. The van der Waals surface area contributed by atoms with Crippen molar-refractivity contribution < 1.29 is 13.3 Å². The second-order valence-corrected chi connectivity index (χ2v) is 8.36. The summed E-state index contributed by atoms with van der Waals surface area (Å²) >= 11 is 0. The second-order valence-electron chi connectivity index (χ2n) is 7.38. The van der Waals surface area contributed by atoms with E-state index in [9.17, 15) is 23.3 Å². The number of aromatic nitrogens is 2. The van der Waals surface area contributed by atoms with Gasteiger partial charge in [-0.25, -0.2) is 13.1 Å². The van der Waals surface area contributed by atoms with E-state index in [1.807, 2.05) is 30.3 Å². The first-order valence-electron chi connectivity index (χ1n) is 10.0. The summed E-state index contributed by atoms with van der Waals surface area (Å²) in [5, 5.41) is 15.7. The van der Waals surface area contributed by atoms with Gasteiger partial charge in [0, 0.05) is 17.7 Å². The van der Waals surface area contributed by atoms with Gasteiger partial charge in [-0.15, -0.1) is 0 Å². The highest BCUT2D eigenvalue weighted by Crippen LogP contribution is 2.31. The Hall–Kier alpha value is -4.11. The lowest BCUT2D eigenvalue weighted by Crippen LogP contribution is -2.25. The van der Waals surface area contributed by atoms with Gasteiger partial charge in [0.1, 0.15) is 10.7 Å². The molecule has 4 aromatic rings. The molecule has 3 aromatic carbocycles. The first kappa shape index (κ1) is 22.1. The van der Waals surface area contributed by atoms with E-state index in [1.165, 1.54) is 22.9 Å². The normalized spacial score (nSPS) is 10.9. The van der Waals surface area contributed by atoms with Crippen LogP contribution in [0.1, 0.15) is 11.1 Å². The zero-order chi connectivity index (χ0) is 23.4. The largest absolute Gasteiger partial charge is 0.275 e. The molecule has 1 aromatic heterocycles. The smallest absolute Gasteiger partial charge is 0.267 e. The molecular weight excluding hydrogens is 442 g/mol. The molecule has 0 N–H and O–H groups in total. The van der Waals surface area contributed by atoms with Crippen molar-refractivity contribution in [3.05, 3.63) is 117 Å². The predicted octanol–water partition coefficient (Wildman–Crippen LogP) is 3.65. The van der Waals surface area contributed by atoms with Crippen molar-refractivity contribution in [3.63, 3.8) is 0 Å². The minimum absolute atomic E-state index is 0.0791. The van der Waals surface area contributed by atoms with Gasteiger partial charge in [-0.1, -0.05) is 66.7 Å². The molecule has 0 saturated carbocycles.